The Hall–Kier alpha value is -0.340. The Morgan fingerprint density at radius 3 is 2.84 bits per heavy atom. The maximum absolute atomic E-state index is 3.67. The van der Waals surface area contributed by atoms with E-state index in [1.165, 1.54) is 47.7 Å². The molecule has 1 aliphatic rings. The van der Waals surface area contributed by atoms with Gasteiger partial charge in [-0.1, -0.05) is 54.2 Å². The third-order valence-corrected chi connectivity index (χ3v) is 5.69. The van der Waals surface area contributed by atoms with Crippen molar-refractivity contribution in [2.75, 3.05) is 7.05 Å². The molecular formula is C17H26BrN. The molecule has 3 unspecified atom stereocenters. The number of nitrogens with one attached hydrogen (secondary N) is 1. The number of hydrogen-bond acceptors (Lipinski definition) is 1. The maximum Gasteiger partial charge on any atom is 0.0349 e. The first-order valence-corrected chi connectivity index (χ1v) is 8.39. The van der Waals surface area contributed by atoms with E-state index >= 15 is 0 Å². The van der Waals surface area contributed by atoms with Gasteiger partial charge in [0.15, 0.2) is 0 Å². The predicted molar refractivity (Wildman–Crippen MR) is 86.4 cm³/mol. The van der Waals surface area contributed by atoms with Gasteiger partial charge in [-0.2, -0.15) is 0 Å². The van der Waals surface area contributed by atoms with Gasteiger partial charge in [-0.15, -0.1) is 0 Å². The van der Waals surface area contributed by atoms with Gasteiger partial charge in [-0.3, -0.25) is 0 Å². The lowest BCUT2D eigenvalue weighted by Gasteiger charge is -2.35. The first-order valence-electron chi connectivity index (χ1n) is 7.59. The first-order chi connectivity index (χ1) is 9.17. The zero-order chi connectivity index (χ0) is 13.8. The molecule has 1 saturated carbocycles. The van der Waals surface area contributed by atoms with Crippen molar-refractivity contribution in [1.29, 1.82) is 0 Å². The molecular weight excluding hydrogens is 298 g/mol. The second-order valence-electron chi connectivity index (χ2n) is 5.92. The molecule has 3 atom stereocenters. The fraction of sp³-hybridized carbons (Fsp3) is 0.647. The van der Waals surface area contributed by atoms with Gasteiger partial charge in [0.1, 0.15) is 0 Å². The van der Waals surface area contributed by atoms with Crippen LogP contribution >= 0.6 is 15.9 Å². The molecule has 2 rings (SSSR count). The number of halogens is 1. The van der Waals surface area contributed by atoms with Crippen LogP contribution in [0.2, 0.25) is 0 Å². The van der Waals surface area contributed by atoms with Crippen LogP contribution in [0.1, 0.15) is 56.2 Å². The van der Waals surface area contributed by atoms with E-state index in [9.17, 15) is 0 Å². The Morgan fingerprint density at radius 2 is 2.16 bits per heavy atom. The number of hydrogen-bond donors (Lipinski definition) is 1. The Kier molecular flexibility index (Phi) is 5.47. The standard InChI is InChI=1S/C17H26BrN/c1-4-13-7-5-8-14(11-13)17(19-3)15-9-6-10-16(18)12(15)2/h6,9-10,13-14,17,19H,4-5,7-8,11H2,1-3H3. The van der Waals surface area contributed by atoms with Gasteiger partial charge >= 0.3 is 0 Å². The van der Waals surface area contributed by atoms with Gasteiger partial charge < -0.3 is 5.32 Å². The maximum atomic E-state index is 3.67. The largest absolute Gasteiger partial charge is 0.313 e. The van der Waals surface area contributed by atoms with Gasteiger partial charge in [-0.25, -0.2) is 0 Å². The predicted octanol–water partition coefficient (Wildman–Crippen LogP) is 5.23. The lowest BCUT2D eigenvalue weighted by atomic mass is 9.74. The molecule has 0 aromatic heterocycles. The van der Waals surface area contributed by atoms with E-state index in [4.69, 9.17) is 0 Å². The summed E-state index contributed by atoms with van der Waals surface area (Å²) < 4.78 is 1.23. The van der Waals surface area contributed by atoms with Crippen molar-refractivity contribution >= 4 is 15.9 Å². The van der Waals surface area contributed by atoms with E-state index < -0.39 is 0 Å². The topological polar surface area (TPSA) is 12.0 Å². The zero-order valence-electron chi connectivity index (χ0n) is 12.4. The van der Waals surface area contributed by atoms with Crippen molar-refractivity contribution in [3.8, 4) is 0 Å². The minimum absolute atomic E-state index is 0.506. The summed E-state index contributed by atoms with van der Waals surface area (Å²) in [5.41, 5.74) is 2.86. The van der Waals surface area contributed by atoms with Crippen LogP contribution in [0.15, 0.2) is 22.7 Å². The molecule has 2 heteroatoms. The van der Waals surface area contributed by atoms with Crippen LogP contribution < -0.4 is 5.32 Å². The molecule has 1 aromatic rings. The van der Waals surface area contributed by atoms with E-state index in [0.29, 0.717) is 6.04 Å². The Bertz CT molecular complexity index is 416. The summed E-state index contributed by atoms with van der Waals surface area (Å²) in [6.45, 7) is 4.57. The highest BCUT2D eigenvalue weighted by atomic mass is 79.9. The van der Waals surface area contributed by atoms with E-state index in [1.54, 1.807) is 0 Å². The summed E-state index contributed by atoms with van der Waals surface area (Å²) in [4.78, 5) is 0. The molecule has 1 nitrogen and oxygen atoms in total. The Morgan fingerprint density at radius 1 is 1.37 bits per heavy atom. The quantitative estimate of drug-likeness (QED) is 0.799. The van der Waals surface area contributed by atoms with Gasteiger partial charge in [0.25, 0.3) is 0 Å². The molecule has 0 bridgehead atoms. The third kappa shape index (κ3) is 3.41. The molecule has 1 fully saturated rings. The molecule has 0 radical (unpaired) electrons. The van der Waals surface area contributed by atoms with Gasteiger partial charge in [0, 0.05) is 10.5 Å². The molecule has 106 valence electrons. The van der Waals surface area contributed by atoms with Crippen LogP contribution in [0.3, 0.4) is 0 Å². The van der Waals surface area contributed by atoms with Crippen molar-refractivity contribution in [2.45, 2.75) is 52.0 Å². The lowest BCUT2D eigenvalue weighted by Crippen LogP contribution is -2.30. The van der Waals surface area contributed by atoms with Crippen molar-refractivity contribution < 1.29 is 0 Å². The average molecular weight is 324 g/mol. The molecule has 0 amide bonds. The molecule has 1 aromatic carbocycles. The smallest absolute Gasteiger partial charge is 0.0349 e. The molecule has 1 N–H and O–H groups in total. The highest BCUT2D eigenvalue weighted by molar-refractivity contribution is 9.10. The minimum Gasteiger partial charge on any atom is -0.313 e. The van der Waals surface area contributed by atoms with Crippen molar-refractivity contribution in [3.63, 3.8) is 0 Å². The Balaban J connectivity index is 2.21. The summed E-state index contributed by atoms with van der Waals surface area (Å²) in [7, 11) is 2.11. The summed E-state index contributed by atoms with van der Waals surface area (Å²) >= 11 is 3.67. The molecule has 0 aliphatic heterocycles. The zero-order valence-corrected chi connectivity index (χ0v) is 14.0. The summed E-state index contributed by atoms with van der Waals surface area (Å²) in [6.07, 6.45) is 6.92. The van der Waals surface area contributed by atoms with Crippen LogP contribution in [-0.4, -0.2) is 7.05 Å². The SMILES string of the molecule is CCC1CCCC(C(NC)c2cccc(Br)c2C)C1. The highest BCUT2D eigenvalue weighted by Crippen LogP contribution is 2.39. The van der Waals surface area contributed by atoms with E-state index in [-0.39, 0.29) is 0 Å². The van der Waals surface area contributed by atoms with Gasteiger partial charge in [0.2, 0.25) is 0 Å². The van der Waals surface area contributed by atoms with Gasteiger partial charge in [0.05, 0.1) is 0 Å². The van der Waals surface area contributed by atoms with Gasteiger partial charge in [-0.05, 0) is 55.8 Å². The normalized spacial score (nSPS) is 25.3. The second kappa shape index (κ2) is 6.90. The number of benzene rings is 1. The van der Waals surface area contributed by atoms with E-state index in [0.717, 1.165) is 11.8 Å². The summed E-state index contributed by atoms with van der Waals surface area (Å²) in [5.74, 6) is 1.72. The lowest BCUT2D eigenvalue weighted by molar-refractivity contribution is 0.214. The molecule has 1 aliphatic carbocycles. The fourth-order valence-electron chi connectivity index (χ4n) is 3.61. The highest BCUT2D eigenvalue weighted by Gasteiger charge is 2.28. The molecule has 0 heterocycles. The van der Waals surface area contributed by atoms with E-state index in [2.05, 4.69) is 60.3 Å². The average Bonchev–Trinajstić information content (AvgIpc) is 2.44. The second-order valence-corrected chi connectivity index (χ2v) is 6.78. The summed E-state index contributed by atoms with van der Waals surface area (Å²) in [6, 6.07) is 7.10. The monoisotopic (exact) mass is 323 g/mol. The molecule has 0 spiro atoms. The fourth-order valence-corrected chi connectivity index (χ4v) is 3.99. The molecule has 19 heavy (non-hydrogen) atoms. The third-order valence-electron chi connectivity index (χ3n) is 4.83. The molecule has 0 saturated heterocycles. The Labute approximate surface area is 126 Å². The van der Waals surface area contributed by atoms with Crippen LogP contribution in [0, 0.1) is 18.8 Å². The van der Waals surface area contributed by atoms with Crippen LogP contribution in [0.4, 0.5) is 0 Å². The van der Waals surface area contributed by atoms with Crippen LogP contribution in [-0.2, 0) is 0 Å². The minimum atomic E-state index is 0.506. The van der Waals surface area contributed by atoms with E-state index in [1.807, 2.05) is 0 Å². The van der Waals surface area contributed by atoms with Crippen molar-refractivity contribution in [1.82, 2.24) is 5.32 Å². The summed E-state index contributed by atoms with van der Waals surface area (Å²) in [5, 5.41) is 3.58. The van der Waals surface area contributed by atoms with Crippen LogP contribution in [0.25, 0.3) is 0 Å². The number of rotatable bonds is 4. The van der Waals surface area contributed by atoms with Crippen molar-refractivity contribution in [3.05, 3.63) is 33.8 Å². The first kappa shape index (κ1) is 15.1. The van der Waals surface area contributed by atoms with Crippen LogP contribution in [0.5, 0.6) is 0 Å². The van der Waals surface area contributed by atoms with Crippen molar-refractivity contribution in [2.24, 2.45) is 11.8 Å².